The summed E-state index contributed by atoms with van der Waals surface area (Å²) in [7, 11) is 0. The van der Waals surface area contributed by atoms with E-state index in [0.717, 1.165) is 66.4 Å². The van der Waals surface area contributed by atoms with Gasteiger partial charge < -0.3 is 4.57 Å². The molecule has 0 aliphatic carbocycles. The molecule has 0 unspecified atom stereocenters. The van der Waals surface area contributed by atoms with E-state index in [2.05, 4.69) is 217 Å². The summed E-state index contributed by atoms with van der Waals surface area (Å²) >= 11 is 0. The van der Waals surface area contributed by atoms with Crippen molar-refractivity contribution in [2.24, 2.45) is 0 Å². The average molecular weight is 753 g/mol. The number of nitrogens with zero attached hydrogens (tertiary/aromatic N) is 4. The Morgan fingerprint density at radius 3 is 1.34 bits per heavy atom. The number of hydrogen-bond acceptors (Lipinski definition) is 3. The van der Waals surface area contributed by atoms with Crippen LogP contribution in [0.5, 0.6) is 0 Å². The van der Waals surface area contributed by atoms with Gasteiger partial charge in [-0.05, 0) is 74.5 Å². The zero-order valence-corrected chi connectivity index (χ0v) is 32.1. The largest absolute Gasteiger partial charge is 0.308 e. The van der Waals surface area contributed by atoms with Crippen molar-refractivity contribution in [2.45, 2.75) is 0 Å². The third kappa shape index (κ3) is 6.15. The number of aromatic nitrogens is 4. The molecule has 0 spiro atoms. The fraction of sp³-hybridized carbons (Fsp3) is 0. The predicted molar refractivity (Wildman–Crippen MR) is 244 cm³/mol. The summed E-state index contributed by atoms with van der Waals surface area (Å²) in [6.45, 7) is 0. The maximum Gasteiger partial charge on any atom is 0.166 e. The van der Waals surface area contributed by atoms with Gasteiger partial charge in [-0.25, -0.2) is 15.0 Å². The monoisotopic (exact) mass is 752 g/mol. The Hall–Kier alpha value is -7.95. The van der Waals surface area contributed by atoms with Gasteiger partial charge in [0.15, 0.2) is 17.5 Å². The maximum atomic E-state index is 5.43. The highest BCUT2D eigenvalue weighted by molar-refractivity contribution is 6.10. The molecule has 0 aliphatic heterocycles. The van der Waals surface area contributed by atoms with Gasteiger partial charge >= 0.3 is 0 Å². The van der Waals surface area contributed by atoms with Crippen LogP contribution in [0, 0.1) is 0 Å². The SMILES string of the molecule is c1ccc(-c2cccc(-c3nc(-c4ccc(-c5ccccc5)cc4-n4c5ccccc5c5ccccc54)nc(-c4cccc5c(-c6ccccc6)cccc45)n3)c2)cc1. The summed E-state index contributed by atoms with van der Waals surface area (Å²) in [5.74, 6) is 1.83. The minimum Gasteiger partial charge on any atom is -0.308 e. The van der Waals surface area contributed by atoms with Crippen LogP contribution < -0.4 is 0 Å². The Kier molecular flexibility index (Phi) is 8.45. The molecule has 2 aromatic heterocycles. The first-order valence-corrected chi connectivity index (χ1v) is 19.9. The normalized spacial score (nSPS) is 11.4. The molecule has 0 amide bonds. The van der Waals surface area contributed by atoms with E-state index in [-0.39, 0.29) is 0 Å². The summed E-state index contributed by atoms with van der Waals surface area (Å²) in [5, 5.41) is 4.61. The van der Waals surface area contributed by atoms with Crippen LogP contribution in [-0.4, -0.2) is 19.5 Å². The number of benzene rings is 9. The molecule has 0 N–H and O–H groups in total. The fourth-order valence-electron chi connectivity index (χ4n) is 8.49. The van der Waals surface area contributed by atoms with Crippen molar-refractivity contribution in [1.29, 1.82) is 0 Å². The van der Waals surface area contributed by atoms with Crippen LogP contribution in [-0.2, 0) is 0 Å². The Bertz CT molecular complexity index is 3260. The van der Waals surface area contributed by atoms with Crippen LogP contribution in [0.3, 0.4) is 0 Å². The Balaban J connectivity index is 1.20. The van der Waals surface area contributed by atoms with E-state index in [1.54, 1.807) is 0 Å². The molecule has 11 rings (SSSR count). The molecule has 0 bridgehead atoms. The highest BCUT2D eigenvalue weighted by atomic mass is 15.1. The molecule has 0 radical (unpaired) electrons. The molecule has 276 valence electrons. The second kappa shape index (κ2) is 14.5. The Morgan fingerprint density at radius 1 is 0.254 bits per heavy atom. The van der Waals surface area contributed by atoms with E-state index < -0.39 is 0 Å². The van der Waals surface area contributed by atoms with Crippen molar-refractivity contribution in [1.82, 2.24) is 19.5 Å². The van der Waals surface area contributed by atoms with Crippen molar-refractivity contribution in [3.63, 3.8) is 0 Å². The minimum atomic E-state index is 0.600. The molecule has 0 aliphatic rings. The van der Waals surface area contributed by atoms with Gasteiger partial charge in [0.2, 0.25) is 0 Å². The Labute approximate surface area is 342 Å². The second-order valence-corrected chi connectivity index (χ2v) is 14.8. The third-order valence-corrected chi connectivity index (χ3v) is 11.3. The van der Waals surface area contributed by atoms with Crippen LogP contribution in [0.15, 0.2) is 218 Å². The lowest BCUT2D eigenvalue weighted by Gasteiger charge is -2.17. The van der Waals surface area contributed by atoms with Gasteiger partial charge in [0.1, 0.15) is 0 Å². The van der Waals surface area contributed by atoms with Gasteiger partial charge in [-0.3, -0.25) is 0 Å². The molecule has 0 saturated heterocycles. The highest BCUT2D eigenvalue weighted by Gasteiger charge is 2.21. The summed E-state index contributed by atoms with van der Waals surface area (Å²) in [4.78, 5) is 16.1. The third-order valence-electron chi connectivity index (χ3n) is 11.3. The van der Waals surface area contributed by atoms with Crippen molar-refractivity contribution in [2.75, 3.05) is 0 Å². The number of rotatable bonds is 7. The quantitative estimate of drug-likeness (QED) is 0.163. The van der Waals surface area contributed by atoms with Gasteiger partial charge in [-0.2, -0.15) is 0 Å². The summed E-state index contributed by atoms with van der Waals surface area (Å²) in [5.41, 5.74) is 12.8. The van der Waals surface area contributed by atoms with Crippen molar-refractivity contribution >= 4 is 32.6 Å². The number of fused-ring (bicyclic) bond motifs is 4. The predicted octanol–water partition coefficient (Wildman–Crippen LogP) is 14.1. The van der Waals surface area contributed by atoms with Gasteiger partial charge in [-0.15, -0.1) is 0 Å². The van der Waals surface area contributed by atoms with Crippen LogP contribution in [0.1, 0.15) is 0 Å². The van der Waals surface area contributed by atoms with Crippen molar-refractivity contribution in [3.8, 4) is 73.2 Å². The molecule has 4 heteroatoms. The van der Waals surface area contributed by atoms with Crippen LogP contribution in [0.4, 0.5) is 0 Å². The standard InChI is InChI=1S/C55H36N4/c1-4-17-37(18-5-1)40-23-14-24-42(35-40)53-56-54(48-30-16-28-44-43(27-15-29-45(44)48)39-21-8-3-9-22-39)58-55(57-53)49-34-33-41(38-19-6-2-7-20-38)36-52(49)59-50-31-12-10-25-46(50)47-26-11-13-32-51(47)59/h1-36H. The molecule has 0 atom stereocenters. The molecule has 0 saturated carbocycles. The molecular formula is C55H36N4. The maximum absolute atomic E-state index is 5.43. The molecule has 2 heterocycles. The first-order chi connectivity index (χ1) is 29.3. The van der Waals surface area contributed by atoms with Gasteiger partial charge in [0, 0.05) is 27.5 Å². The van der Waals surface area contributed by atoms with Gasteiger partial charge in [0.25, 0.3) is 0 Å². The van der Waals surface area contributed by atoms with E-state index in [9.17, 15) is 0 Å². The fourth-order valence-corrected chi connectivity index (χ4v) is 8.49. The topological polar surface area (TPSA) is 43.6 Å². The van der Waals surface area contributed by atoms with Crippen molar-refractivity contribution in [3.05, 3.63) is 218 Å². The van der Waals surface area contributed by atoms with Crippen LogP contribution >= 0.6 is 0 Å². The van der Waals surface area contributed by atoms with Crippen LogP contribution in [0.25, 0.3) is 106 Å². The summed E-state index contributed by atoms with van der Waals surface area (Å²) < 4.78 is 2.37. The van der Waals surface area contributed by atoms with Crippen LogP contribution in [0.2, 0.25) is 0 Å². The first-order valence-electron chi connectivity index (χ1n) is 19.9. The first kappa shape index (κ1) is 34.3. The number of hydrogen-bond donors (Lipinski definition) is 0. The molecule has 11 aromatic rings. The van der Waals surface area contributed by atoms with E-state index in [4.69, 9.17) is 15.0 Å². The average Bonchev–Trinajstić information content (AvgIpc) is 3.66. The van der Waals surface area contributed by atoms with E-state index >= 15 is 0 Å². The van der Waals surface area contributed by atoms with E-state index in [0.29, 0.717) is 17.5 Å². The number of para-hydroxylation sites is 2. The van der Waals surface area contributed by atoms with Crippen molar-refractivity contribution < 1.29 is 0 Å². The molecule has 9 aromatic carbocycles. The van der Waals surface area contributed by atoms with Gasteiger partial charge in [-0.1, -0.05) is 188 Å². The highest BCUT2D eigenvalue weighted by Crippen LogP contribution is 2.40. The second-order valence-electron chi connectivity index (χ2n) is 14.8. The zero-order chi connectivity index (χ0) is 39.1. The summed E-state index contributed by atoms with van der Waals surface area (Å²) in [6.07, 6.45) is 0. The smallest absolute Gasteiger partial charge is 0.166 e. The minimum absolute atomic E-state index is 0.600. The van der Waals surface area contributed by atoms with Gasteiger partial charge in [0.05, 0.1) is 16.7 Å². The lowest BCUT2D eigenvalue weighted by Crippen LogP contribution is -2.04. The Morgan fingerprint density at radius 2 is 0.695 bits per heavy atom. The molecular weight excluding hydrogens is 717 g/mol. The molecule has 59 heavy (non-hydrogen) atoms. The lowest BCUT2D eigenvalue weighted by molar-refractivity contribution is 1.07. The lowest BCUT2D eigenvalue weighted by atomic mass is 9.95. The molecule has 4 nitrogen and oxygen atoms in total. The van der Waals surface area contributed by atoms with E-state index in [1.165, 1.54) is 21.9 Å². The van der Waals surface area contributed by atoms with E-state index in [1.807, 2.05) is 6.07 Å². The molecule has 0 fully saturated rings. The zero-order valence-electron chi connectivity index (χ0n) is 32.1. The summed E-state index contributed by atoms with van der Waals surface area (Å²) in [6, 6.07) is 76.9.